The third-order valence-corrected chi connectivity index (χ3v) is 7.25. The van der Waals surface area contributed by atoms with Gasteiger partial charge in [-0.15, -0.1) is 0 Å². The zero-order valence-electron chi connectivity index (χ0n) is 17.8. The molecule has 160 valence electrons. The average Bonchev–Trinajstić information content (AvgIpc) is 2.88. The van der Waals surface area contributed by atoms with Crippen LogP contribution in [0.15, 0.2) is 34.9 Å². The van der Waals surface area contributed by atoms with E-state index in [4.69, 9.17) is 16.6 Å². The van der Waals surface area contributed by atoms with Crippen molar-refractivity contribution in [3.63, 3.8) is 0 Å². The molecule has 0 saturated carbocycles. The molecule has 1 unspecified atom stereocenters. The van der Waals surface area contributed by atoms with E-state index in [1.54, 1.807) is 0 Å². The van der Waals surface area contributed by atoms with Crippen molar-refractivity contribution in [3.8, 4) is 0 Å². The molecule has 4 rings (SSSR count). The maximum Gasteiger partial charge on any atom is 0.376 e. The summed E-state index contributed by atoms with van der Waals surface area (Å²) < 4.78 is 1.03. The molecule has 4 nitrogen and oxygen atoms in total. The highest BCUT2D eigenvalue weighted by molar-refractivity contribution is 9.10. The largest absolute Gasteiger partial charge is 0.437 e. The lowest BCUT2D eigenvalue weighted by Crippen LogP contribution is -2.58. The van der Waals surface area contributed by atoms with E-state index < -0.39 is 7.05 Å². The molecular weight excluding hydrogens is 460 g/mol. The Hall–Kier alpha value is -0.915. The molecule has 30 heavy (non-hydrogen) atoms. The van der Waals surface area contributed by atoms with E-state index in [-0.39, 0.29) is 6.04 Å². The van der Waals surface area contributed by atoms with Crippen LogP contribution < -0.4 is 0 Å². The normalized spacial score (nSPS) is 22.3. The van der Waals surface area contributed by atoms with Gasteiger partial charge in [0.1, 0.15) is 0 Å². The lowest BCUT2D eigenvalue weighted by molar-refractivity contribution is 0.0911. The highest BCUT2D eigenvalue weighted by Gasteiger charge is 2.37. The minimum Gasteiger partial charge on any atom is -0.437 e. The van der Waals surface area contributed by atoms with Crippen molar-refractivity contribution in [1.29, 1.82) is 0 Å². The first kappa shape index (κ1) is 22.3. The smallest absolute Gasteiger partial charge is 0.376 e. The molecule has 2 aromatic rings. The number of aromatic nitrogens is 1. The van der Waals surface area contributed by atoms with Gasteiger partial charge in [-0.25, -0.2) is 0 Å². The van der Waals surface area contributed by atoms with Gasteiger partial charge in [-0.05, 0) is 76.9 Å². The fraction of sp³-hybridized carbons (Fsp3) is 0.522. The fourth-order valence-corrected chi connectivity index (χ4v) is 5.67. The summed E-state index contributed by atoms with van der Waals surface area (Å²) in [4.78, 5) is 9.76. The van der Waals surface area contributed by atoms with Crippen LogP contribution in [-0.4, -0.2) is 52.4 Å². The number of nitrogens with zero attached hydrogens (tertiary/aromatic N) is 3. The van der Waals surface area contributed by atoms with Crippen LogP contribution in [0.25, 0.3) is 0 Å². The number of fused-ring (bicyclic) bond motifs is 2. The van der Waals surface area contributed by atoms with E-state index in [2.05, 4.69) is 50.8 Å². The minimum atomic E-state index is -0.407. The van der Waals surface area contributed by atoms with Gasteiger partial charge in [-0.2, -0.15) is 0 Å². The van der Waals surface area contributed by atoms with Crippen LogP contribution in [0.1, 0.15) is 54.6 Å². The number of rotatable bonds is 5. The highest BCUT2D eigenvalue weighted by atomic mass is 79.9. The van der Waals surface area contributed by atoms with E-state index in [0.29, 0.717) is 6.04 Å². The Morgan fingerprint density at radius 3 is 2.80 bits per heavy atom. The molecule has 0 bridgehead atoms. The predicted octanol–water partition coefficient (Wildman–Crippen LogP) is 4.97. The van der Waals surface area contributed by atoms with Crippen molar-refractivity contribution in [3.05, 3.63) is 62.3 Å². The molecule has 1 aliphatic carbocycles. The third kappa shape index (κ3) is 4.63. The summed E-state index contributed by atoms with van der Waals surface area (Å²) in [6.07, 6.45) is 7.34. The Kier molecular flexibility index (Phi) is 7.21. The summed E-state index contributed by atoms with van der Waals surface area (Å²) in [6, 6.07) is 9.05. The Morgan fingerprint density at radius 2 is 2.03 bits per heavy atom. The number of aryl methyl sites for hydroxylation is 2. The summed E-state index contributed by atoms with van der Waals surface area (Å²) in [5, 5.41) is 11.1. The van der Waals surface area contributed by atoms with Gasteiger partial charge >= 0.3 is 7.05 Å². The molecule has 2 heterocycles. The minimum absolute atomic E-state index is 0.128. The second-order valence-electron chi connectivity index (χ2n) is 8.60. The molecule has 2 aliphatic rings. The van der Waals surface area contributed by atoms with Crippen molar-refractivity contribution >= 4 is 34.6 Å². The van der Waals surface area contributed by atoms with Crippen LogP contribution in [0.4, 0.5) is 0 Å². The second-order valence-corrected chi connectivity index (χ2v) is 9.96. The Bertz CT molecular complexity index is 843. The predicted molar refractivity (Wildman–Crippen MR) is 128 cm³/mol. The average molecular weight is 491 g/mol. The number of hydrogen-bond acceptors (Lipinski definition) is 4. The molecule has 1 N–H and O–H groups in total. The second kappa shape index (κ2) is 9.70. The number of unbranched alkanes of at least 4 members (excludes halogenated alkanes) is 1. The molecule has 0 radical (unpaired) electrons. The first-order valence-electron chi connectivity index (χ1n) is 11.1. The number of pyridine rings is 1. The van der Waals surface area contributed by atoms with Gasteiger partial charge < -0.3 is 9.83 Å². The van der Waals surface area contributed by atoms with Crippen LogP contribution in [0.2, 0.25) is 11.8 Å². The number of halogens is 2. The van der Waals surface area contributed by atoms with Gasteiger partial charge in [0.25, 0.3) is 0 Å². The van der Waals surface area contributed by atoms with E-state index in [1.807, 2.05) is 19.1 Å². The quantitative estimate of drug-likeness (QED) is 0.601. The zero-order chi connectivity index (χ0) is 21.3. The Morgan fingerprint density at radius 1 is 1.23 bits per heavy atom. The van der Waals surface area contributed by atoms with Crippen LogP contribution in [-0.2, 0) is 12.8 Å². The summed E-state index contributed by atoms with van der Waals surface area (Å²) >= 11 is 9.97. The third-order valence-electron chi connectivity index (χ3n) is 6.59. The molecule has 0 spiro atoms. The molecule has 7 heteroatoms. The van der Waals surface area contributed by atoms with Gasteiger partial charge in [0, 0.05) is 41.4 Å². The monoisotopic (exact) mass is 489 g/mol. The molecule has 1 aliphatic heterocycles. The molecular formula is C23H30BBrClN3O. The van der Waals surface area contributed by atoms with E-state index in [1.165, 1.54) is 35.2 Å². The van der Waals surface area contributed by atoms with E-state index >= 15 is 0 Å². The van der Waals surface area contributed by atoms with Crippen molar-refractivity contribution in [1.82, 2.24) is 14.7 Å². The van der Waals surface area contributed by atoms with Crippen LogP contribution in [0.5, 0.6) is 0 Å². The fourth-order valence-electron chi connectivity index (χ4n) is 5.10. The standard InChI is InChI=1S/C23H30BBrClN3O/c1-3-4-5-20-15-28(10-11-29(20)24(2)30)23-21-9-8-19(26)13-16(21)6-7-17-12-18(25)14-27-22(17)23/h8-9,12-14,20,23,30H,3-7,10-11,15H2,1-2H3/t20-,23?/m0/s1. The lowest BCUT2D eigenvalue weighted by atomic mass is 9.80. The molecule has 1 saturated heterocycles. The summed E-state index contributed by atoms with van der Waals surface area (Å²) in [5.74, 6) is 0. The van der Waals surface area contributed by atoms with Gasteiger partial charge in [0.15, 0.2) is 0 Å². The first-order chi connectivity index (χ1) is 14.5. The van der Waals surface area contributed by atoms with Crippen LogP contribution in [0, 0.1) is 0 Å². The topological polar surface area (TPSA) is 39.6 Å². The Labute approximate surface area is 193 Å². The van der Waals surface area contributed by atoms with E-state index in [9.17, 15) is 5.02 Å². The lowest BCUT2D eigenvalue weighted by Gasteiger charge is -2.45. The van der Waals surface area contributed by atoms with Gasteiger partial charge in [-0.1, -0.05) is 37.4 Å². The maximum absolute atomic E-state index is 10.3. The summed E-state index contributed by atoms with van der Waals surface area (Å²) in [6.45, 7) is 6.85. The van der Waals surface area contributed by atoms with Crippen molar-refractivity contribution in [2.75, 3.05) is 19.6 Å². The van der Waals surface area contributed by atoms with Crippen molar-refractivity contribution in [2.45, 2.75) is 57.9 Å². The highest BCUT2D eigenvalue weighted by Crippen LogP contribution is 2.38. The van der Waals surface area contributed by atoms with Crippen molar-refractivity contribution in [2.24, 2.45) is 0 Å². The van der Waals surface area contributed by atoms with E-state index in [0.717, 1.165) is 48.4 Å². The van der Waals surface area contributed by atoms with Crippen LogP contribution in [0.3, 0.4) is 0 Å². The zero-order valence-corrected chi connectivity index (χ0v) is 20.2. The first-order valence-corrected chi connectivity index (χ1v) is 12.3. The summed E-state index contributed by atoms with van der Waals surface area (Å²) in [5.41, 5.74) is 5.13. The number of piperazine rings is 1. The molecule has 1 fully saturated rings. The SMILES string of the molecule is CCCC[C@H]1CN(C2c3ccc(Cl)cc3CCc3cc(Br)cnc32)CCN1B(C)O. The van der Waals surface area contributed by atoms with Gasteiger partial charge in [0.05, 0.1) is 11.7 Å². The summed E-state index contributed by atoms with van der Waals surface area (Å²) in [7, 11) is -0.407. The van der Waals surface area contributed by atoms with Gasteiger partial charge in [0.2, 0.25) is 0 Å². The Balaban J connectivity index is 1.73. The number of hydrogen-bond donors (Lipinski definition) is 1. The maximum atomic E-state index is 10.3. The molecule has 1 aromatic carbocycles. The molecule has 2 atom stereocenters. The van der Waals surface area contributed by atoms with Gasteiger partial charge in [-0.3, -0.25) is 9.88 Å². The van der Waals surface area contributed by atoms with Crippen LogP contribution >= 0.6 is 27.5 Å². The molecule has 1 aromatic heterocycles. The molecule has 0 amide bonds. The van der Waals surface area contributed by atoms with Crippen molar-refractivity contribution < 1.29 is 5.02 Å². The number of benzene rings is 1.